The monoisotopic (exact) mass is 487 g/mol. The predicted octanol–water partition coefficient (Wildman–Crippen LogP) is 2.60. The van der Waals surface area contributed by atoms with E-state index in [0.29, 0.717) is 18.7 Å². The first-order valence-electron chi connectivity index (χ1n) is 9.77. The van der Waals surface area contributed by atoms with Crippen molar-refractivity contribution in [3.05, 3.63) is 35.4 Å². The van der Waals surface area contributed by atoms with E-state index in [0.717, 1.165) is 31.0 Å². The summed E-state index contributed by atoms with van der Waals surface area (Å²) in [5.74, 6) is 0.778. The van der Waals surface area contributed by atoms with E-state index in [2.05, 4.69) is 25.8 Å². The zero-order valence-corrected chi connectivity index (χ0v) is 18.9. The van der Waals surface area contributed by atoms with Gasteiger partial charge in [-0.2, -0.15) is 0 Å². The fourth-order valence-corrected chi connectivity index (χ4v) is 3.08. The van der Waals surface area contributed by atoms with Crippen molar-refractivity contribution in [2.75, 3.05) is 39.8 Å². The summed E-state index contributed by atoms with van der Waals surface area (Å²) in [7, 11) is 1.78. The lowest BCUT2D eigenvalue weighted by Crippen LogP contribution is -2.42. The molecule has 2 rings (SSSR count). The number of likely N-dealkylation sites (tertiary alicyclic amines) is 1. The molecule has 3 N–H and O–H groups in total. The summed E-state index contributed by atoms with van der Waals surface area (Å²) in [6, 6.07) is 7.72. The summed E-state index contributed by atoms with van der Waals surface area (Å²) in [5, 5.41) is 9.60. The predicted molar refractivity (Wildman–Crippen MR) is 123 cm³/mol. The molecule has 0 spiro atoms. The van der Waals surface area contributed by atoms with Crippen molar-refractivity contribution < 1.29 is 4.79 Å². The lowest BCUT2D eigenvalue weighted by molar-refractivity contribution is 0.0953. The number of rotatable bonds is 8. The van der Waals surface area contributed by atoms with E-state index < -0.39 is 0 Å². The van der Waals surface area contributed by atoms with Crippen molar-refractivity contribution in [3.8, 4) is 0 Å². The van der Waals surface area contributed by atoms with Crippen LogP contribution in [0.1, 0.15) is 48.5 Å². The van der Waals surface area contributed by atoms with E-state index in [1.54, 1.807) is 7.05 Å². The van der Waals surface area contributed by atoms with E-state index in [4.69, 9.17) is 0 Å². The normalized spacial score (nSPS) is 15.0. The first kappa shape index (κ1) is 23.7. The Morgan fingerprint density at radius 1 is 1.11 bits per heavy atom. The molecule has 0 atom stereocenters. The number of carbonyl (C=O) groups excluding carboxylic acids is 1. The molecule has 7 heteroatoms. The Bertz CT molecular complexity index is 587. The van der Waals surface area contributed by atoms with Crippen molar-refractivity contribution in [3.63, 3.8) is 0 Å². The third-order valence-corrected chi connectivity index (χ3v) is 4.58. The Morgan fingerprint density at radius 2 is 1.89 bits per heavy atom. The zero-order valence-electron chi connectivity index (χ0n) is 16.6. The summed E-state index contributed by atoms with van der Waals surface area (Å²) in [5.41, 5.74) is 1.76. The fourth-order valence-electron chi connectivity index (χ4n) is 3.08. The summed E-state index contributed by atoms with van der Waals surface area (Å²) in [6.45, 7) is 7.74. The number of nitrogens with zero attached hydrogens (tertiary/aromatic N) is 2. The molecule has 0 bridgehead atoms. The summed E-state index contributed by atoms with van der Waals surface area (Å²) >= 11 is 0. The Hall–Kier alpha value is -1.35. The lowest BCUT2D eigenvalue weighted by atomic mass is 10.1. The molecule has 0 aromatic heterocycles. The molecule has 1 fully saturated rings. The molecule has 1 aromatic carbocycles. The first-order valence-corrected chi connectivity index (χ1v) is 9.77. The van der Waals surface area contributed by atoms with Crippen LogP contribution >= 0.6 is 24.0 Å². The molecule has 1 saturated heterocycles. The van der Waals surface area contributed by atoms with Gasteiger partial charge in [0.2, 0.25) is 0 Å². The lowest BCUT2D eigenvalue weighted by Gasteiger charge is -2.26. The fraction of sp³-hybridized carbons (Fsp3) is 0.600. The van der Waals surface area contributed by atoms with Crippen molar-refractivity contribution in [2.24, 2.45) is 4.99 Å². The minimum absolute atomic E-state index is 0. The molecular formula is C20H34IN5O. The van der Waals surface area contributed by atoms with Gasteiger partial charge in [0.15, 0.2) is 5.96 Å². The molecule has 0 unspecified atom stereocenters. The maximum Gasteiger partial charge on any atom is 0.251 e. The Balaban J connectivity index is 0.00000364. The average Bonchev–Trinajstić information content (AvgIpc) is 2.69. The van der Waals surface area contributed by atoms with Crippen LogP contribution in [0.3, 0.4) is 0 Å². The highest BCUT2D eigenvalue weighted by atomic mass is 127. The number of benzene rings is 1. The molecule has 1 aromatic rings. The molecule has 1 heterocycles. The molecular weight excluding hydrogens is 453 g/mol. The zero-order chi connectivity index (χ0) is 18.6. The number of amides is 1. The van der Waals surface area contributed by atoms with E-state index >= 15 is 0 Å². The highest BCUT2D eigenvalue weighted by Gasteiger charge is 2.09. The van der Waals surface area contributed by atoms with Crippen LogP contribution in [-0.4, -0.2) is 56.5 Å². The molecule has 27 heavy (non-hydrogen) atoms. The number of nitrogens with one attached hydrogen (secondary N) is 3. The second kappa shape index (κ2) is 13.8. The summed E-state index contributed by atoms with van der Waals surface area (Å²) < 4.78 is 0. The second-order valence-electron chi connectivity index (χ2n) is 6.71. The van der Waals surface area contributed by atoms with Crippen LogP contribution in [0.4, 0.5) is 0 Å². The number of hydrogen-bond donors (Lipinski definition) is 3. The van der Waals surface area contributed by atoms with E-state index in [1.807, 2.05) is 31.2 Å². The van der Waals surface area contributed by atoms with E-state index in [1.165, 1.54) is 32.4 Å². The standard InChI is InChI=1S/C20H33N5O.HI/c1-3-10-22-19(26)18-9-7-8-17(15-18)16-24-20(21-2)23-11-14-25-12-5-4-6-13-25;/h7-9,15H,3-6,10-14,16H2,1-2H3,(H,22,26)(H2,21,23,24);1H. The number of piperidine rings is 1. The van der Waals surface area contributed by atoms with Gasteiger partial charge in [0.1, 0.15) is 0 Å². The number of halogens is 1. The molecule has 6 nitrogen and oxygen atoms in total. The maximum atomic E-state index is 12.1. The first-order chi connectivity index (χ1) is 12.7. The van der Waals surface area contributed by atoms with Gasteiger partial charge in [0.05, 0.1) is 0 Å². The quantitative estimate of drug-likeness (QED) is 0.300. The van der Waals surface area contributed by atoms with Crippen LogP contribution < -0.4 is 16.0 Å². The number of aliphatic imine (C=N–C) groups is 1. The van der Waals surface area contributed by atoms with Gasteiger partial charge in [0, 0.05) is 38.8 Å². The minimum Gasteiger partial charge on any atom is -0.355 e. The average molecular weight is 487 g/mol. The SMILES string of the molecule is CCCNC(=O)c1cccc(CNC(=NC)NCCN2CCCCC2)c1.I. The van der Waals surface area contributed by atoms with Gasteiger partial charge in [-0.15, -0.1) is 24.0 Å². The van der Waals surface area contributed by atoms with Gasteiger partial charge in [-0.05, 0) is 50.0 Å². The Morgan fingerprint density at radius 3 is 2.59 bits per heavy atom. The molecule has 1 aliphatic rings. The van der Waals surface area contributed by atoms with Gasteiger partial charge in [-0.3, -0.25) is 9.79 Å². The van der Waals surface area contributed by atoms with Crippen LogP contribution in [0.15, 0.2) is 29.3 Å². The van der Waals surface area contributed by atoms with Gasteiger partial charge >= 0.3 is 0 Å². The Labute approximate surface area is 180 Å². The van der Waals surface area contributed by atoms with Crippen molar-refractivity contribution in [1.82, 2.24) is 20.9 Å². The van der Waals surface area contributed by atoms with Gasteiger partial charge in [-0.1, -0.05) is 25.5 Å². The molecule has 1 amide bonds. The van der Waals surface area contributed by atoms with Gasteiger partial charge in [0.25, 0.3) is 5.91 Å². The smallest absolute Gasteiger partial charge is 0.251 e. The van der Waals surface area contributed by atoms with E-state index in [9.17, 15) is 4.79 Å². The topological polar surface area (TPSA) is 68.8 Å². The summed E-state index contributed by atoms with van der Waals surface area (Å²) in [6.07, 6.45) is 4.93. The molecule has 0 saturated carbocycles. The molecule has 0 radical (unpaired) electrons. The second-order valence-corrected chi connectivity index (χ2v) is 6.71. The highest BCUT2D eigenvalue weighted by molar-refractivity contribution is 14.0. The van der Waals surface area contributed by atoms with Gasteiger partial charge in [-0.25, -0.2) is 0 Å². The van der Waals surface area contributed by atoms with Crippen LogP contribution in [0.2, 0.25) is 0 Å². The third kappa shape index (κ3) is 8.92. The molecule has 0 aliphatic carbocycles. The molecule has 152 valence electrons. The van der Waals surface area contributed by atoms with Crippen LogP contribution in [-0.2, 0) is 6.54 Å². The largest absolute Gasteiger partial charge is 0.355 e. The van der Waals surface area contributed by atoms with Gasteiger partial charge < -0.3 is 20.9 Å². The van der Waals surface area contributed by atoms with Crippen molar-refractivity contribution in [2.45, 2.75) is 39.2 Å². The minimum atomic E-state index is -0.0160. The van der Waals surface area contributed by atoms with Crippen molar-refractivity contribution >= 4 is 35.8 Å². The highest BCUT2D eigenvalue weighted by Crippen LogP contribution is 2.07. The number of carbonyl (C=O) groups is 1. The van der Waals surface area contributed by atoms with Crippen LogP contribution in [0.5, 0.6) is 0 Å². The van der Waals surface area contributed by atoms with Crippen molar-refractivity contribution in [1.29, 1.82) is 0 Å². The molecule has 1 aliphatic heterocycles. The third-order valence-electron chi connectivity index (χ3n) is 4.58. The maximum absolute atomic E-state index is 12.1. The van der Waals surface area contributed by atoms with Crippen LogP contribution in [0.25, 0.3) is 0 Å². The van der Waals surface area contributed by atoms with Crippen LogP contribution in [0, 0.1) is 0 Å². The Kier molecular flexibility index (Phi) is 12.1. The number of hydrogen-bond acceptors (Lipinski definition) is 3. The summed E-state index contributed by atoms with van der Waals surface area (Å²) in [4.78, 5) is 18.9. The number of guanidine groups is 1. The van der Waals surface area contributed by atoms with E-state index in [-0.39, 0.29) is 29.9 Å².